The molecule has 0 aromatic carbocycles. The van der Waals surface area contributed by atoms with Gasteiger partial charge in [0.05, 0.1) is 0 Å². The van der Waals surface area contributed by atoms with E-state index >= 15 is 0 Å². The molecule has 1 saturated heterocycles. The summed E-state index contributed by atoms with van der Waals surface area (Å²) in [6.45, 7) is 13.7. The van der Waals surface area contributed by atoms with Crippen molar-refractivity contribution in [2.75, 3.05) is 13.1 Å². The van der Waals surface area contributed by atoms with Crippen LogP contribution in [0.1, 0.15) is 40.4 Å². The molecule has 7 heteroatoms. The van der Waals surface area contributed by atoms with Crippen LogP contribution in [0.25, 0.3) is 0 Å². The molecular formula is C14H27IN6. The van der Waals surface area contributed by atoms with Gasteiger partial charge in [0.15, 0.2) is 5.96 Å². The molecule has 0 aliphatic carbocycles. The van der Waals surface area contributed by atoms with Gasteiger partial charge in [0.2, 0.25) is 0 Å². The van der Waals surface area contributed by atoms with Crippen LogP contribution in [0.15, 0.2) is 11.3 Å². The lowest BCUT2D eigenvalue weighted by atomic mass is 9.65. The van der Waals surface area contributed by atoms with Crippen molar-refractivity contribution in [2.45, 2.75) is 46.7 Å². The largest absolute Gasteiger partial charge is 0.356 e. The quantitative estimate of drug-likeness (QED) is 0.474. The Bertz CT molecular complexity index is 505. The van der Waals surface area contributed by atoms with E-state index in [4.69, 9.17) is 4.99 Å². The van der Waals surface area contributed by atoms with E-state index in [0.29, 0.717) is 12.0 Å². The highest BCUT2D eigenvalue weighted by Crippen LogP contribution is 2.46. The van der Waals surface area contributed by atoms with Crippen molar-refractivity contribution in [1.82, 2.24) is 25.0 Å². The number of nitrogens with zero attached hydrogens (tertiary/aromatic N) is 5. The second-order valence-electron chi connectivity index (χ2n) is 6.50. The number of aliphatic imine (C=N–C) groups is 1. The van der Waals surface area contributed by atoms with E-state index in [1.165, 1.54) is 0 Å². The highest BCUT2D eigenvalue weighted by Gasteiger charge is 2.53. The molecule has 1 N–H and O–H groups in total. The molecule has 2 heterocycles. The van der Waals surface area contributed by atoms with E-state index in [1.807, 2.05) is 7.05 Å². The van der Waals surface area contributed by atoms with Crippen LogP contribution in [-0.4, -0.2) is 44.3 Å². The number of rotatable bonds is 3. The van der Waals surface area contributed by atoms with Crippen molar-refractivity contribution in [3.8, 4) is 0 Å². The third kappa shape index (κ3) is 3.32. The summed E-state index contributed by atoms with van der Waals surface area (Å²) in [5.41, 5.74) is 0.405. The van der Waals surface area contributed by atoms with Gasteiger partial charge in [-0.25, -0.2) is 9.98 Å². The number of hydrogen-bond donors (Lipinski definition) is 1. The van der Waals surface area contributed by atoms with Crippen LogP contribution < -0.4 is 5.32 Å². The lowest BCUT2D eigenvalue weighted by molar-refractivity contribution is -0.0668. The highest BCUT2D eigenvalue weighted by molar-refractivity contribution is 14.0. The average Bonchev–Trinajstić information content (AvgIpc) is 2.77. The molecule has 6 nitrogen and oxygen atoms in total. The third-order valence-corrected chi connectivity index (χ3v) is 4.65. The van der Waals surface area contributed by atoms with Crippen molar-refractivity contribution in [3.63, 3.8) is 0 Å². The van der Waals surface area contributed by atoms with Crippen molar-refractivity contribution in [1.29, 1.82) is 0 Å². The number of halogens is 1. The Kier molecular flexibility index (Phi) is 5.63. The minimum atomic E-state index is 0. The molecule has 1 aromatic rings. The first-order chi connectivity index (χ1) is 9.29. The van der Waals surface area contributed by atoms with Gasteiger partial charge in [-0.05, 0) is 20.8 Å². The fraction of sp³-hybridized carbons (Fsp3) is 0.786. The molecule has 2 rings (SSSR count). The molecule has 0 unspecified atom stereocenters. The molecule has 0 atom stereocenters. The number of guanidine groups is 1. The Morgan fingerprint density at radius 1 is 1.38 bits per heavy atom. The first-order valence-corrected chi connectivity index (χ1v) is 7.18. The summed E-state index contributed by atoms with van der Waals surface area (Å²) >= 11 is 0. The smallest absolute Gasteiger partial charge is 0.194 e. The highest BCUT2D eigenvalue weighted by atomic mass is 127. The SMILES string of the molecule is CCNC(=NCc1ncnn1C)N1CC(C)(C)C1(C)C.I. The van der Waals surface area contributed by atoms with E-state index in [1.54, 1.807) is 11.0 Å². The van der Waals surface area contributed by atoms with Crippen molar-refractivity contribution < 1.29 is 0 Å². The summed E-state index contributed by atoms with van der Waals surface area (Å²) in [6, 6.07) is 0. The van der Waals surface area contributed by atoms with Crippen LogP contribution in [0.4, 0.5) is 0 Å². The zero-order chi connectivity index (χ0) is 15.0. The maximum absolute atomic E-state index is 4.71. The molecule has 0 spiro atoms. The predicted octanol–water partition coefficient (Wildman–Crippen LogP) is 2.02. The van der Waals surface area contributed by atoms with Gasteiger partial charge >= 0.3 is 0 Å². The fourth-order valence-electron chi connectivity index (χ4n) is 2.40. The van der Waals surface area contributed by atoms with Gasteiger partial charge in [-0.1, -0.05) is 13.8 Å². The minimum absolute atomic E-state index is 0. The molecule has 0 radical (unpaired) electrons. The molecule has 1 aliphatic rings. The Morgan fingerprint density at radius 2 is 2.05 bits per heavy atom. The maximum Gasteiger partial charge on any atom is 0.194 e. The molecule has 0 bridgehead atoms. The topological polar surface area (TPSA) is 58.3 Å². The Morgan fingerprint density at radius 3 is 2.48 bits per heavy atom. The standard InChI is InChI=1S/C14H26N6.HI/c1-7-15-12(16-8-11-17-10-18-19(11)6)20-9-13(2,3)14(20,4)5;/h10H,7-9H2,1-6H3,(H,15,16);1H. The van der Waals surface area contributed by atoms with E-state index in [9.17, 15) is 0 Å². The van der Waals surface area contributed by atoms with Gasteiger partial charge in [-0.3, -0.25) is 4.68 Å². The first kappa shape index (κ1) is 18.2. The van der Waals surface area contributed by atoms with Crippen molar-refractivity contribution >= 4 is 29.9 Å². The van der Waals surface area contributed by atoms with E-state index in [-0.39, 0.29) is 29.5 Å². The van der Waals surface area contributed by atoms with Gasteiger partial charge in [0.25, 0.3) is 0 Å². The first-order valence-electron chi connectivity index (χ1n) is 7.18. The summed E-state index contributed by atoms with van der Waals surface area (Å²) in [4.78, 5) is 11.3. The van der Waals surface area contributed by atoms with Crippen LogP contribution in [0, 0.1) is 5.41 Å². The minimum Gasteiger partial charge on any atom is -0.356 e. The Labute approximate surface area is 144 Å². The van der Waals surface area contributed by atoms with Crippen LogP contribution in [0.5, 0.6) is 0 Å². The summed E-state index contributed by atoms with van der Waals surface area (Å²) in [7, 11) is 1.89. The average molecular weight is 406 g/mol. The Hall–Kier alpha value is -0.860. The molecule has 0 saturated carbocycles. The number of hydrogen-bond acceptors (Lipinski definition) is 3. The van der Waals surface area contributed by atoms with Crippen LogP contribution in [0.3, 0.4) is 0 Å². The van der Waals surface area contributed by atoms with E-state index < -0.39 is 0 Å². The predicted molar refractivity (Wildman–Crippen MR) is 95.8 cm³/mol. The van der Waals surface area contributed by atoms with Crippen LogP contribution in [0.2, 0.25) is 0 Å². The second kappa shape index (κ2) is 6.50. The van der Waals surface area contributed by atoms with Crippen LogP contribution >= 0.6 is 24.0 Å². The summed E-state index contributed by atoms with van der Waals surface area (Å²) in [5, 5.41) is 7.45. The maximum atomic E-state index is 4.71. The van der Waals surface area contributed by atoms with E-state index in [2.05, 4.69) is 54.9 Å². The molecule has 1 aliphatic heterocycles. The number of aromatic nitrogens is 3. The molecule has 1 aromatic heterocycles. The molecule has 1 fully saturated rings. The zero-order valence-electron chi connectivity index (χ0n) is 13.8. The van der Waals surface area contributed by atoms with Gasteiger partial charge in [0.1, 0.15) is 18.7 Å². The molecular weight excluding hydrogens is 379 g/mol. The summed E-state index contributed by atoms with van der Waals surface area (Å²) < 4.78 is 1.76. The number of likely N-dealkylation sites (tertiary alicyclic amines) is 1. The van der Waals surface area contributed by atoms with Crippen molar-refractivity contribution in [2.24, 2.45) is 17.5 Å². The monoisotopic (exact) mass is 406 g/mol. The summed E-state index contributed by atoms with van der Waals surface area (Å²) in [5.74, 6) is 1.83. The van der Waals surface area contributed by atoms with Gasteiger partial charge in [-0.2, -0.15) is 5.10 Å². The van der Waals surface area contributed by atoms with E-state index in [0.717, 1.165) is 24.9 Å². The second-order valence-corrected chi connectivity index (χ2v) is 6.50. The normalized spacial score (nSPS) is 19.7. The van der Waals surface area contributed by atoms with Crippen molar-refractivity contribution in [3.05, 3.63) is 12.2 Å². The Balaban J connectivity index is 0.00000220. The lowest BCUT2D eigenvalue weighted by Crippen LogP contribution is -2.72. The number of nitrogens with one attached hydrogen (secondary N) is 1. The van der Waals surface area contributed by atoms with Gasteiger partial charge in [-0.15, -0.1) is 24.0 Å². The van der Waals surface area contributed by atoms with Gasteiger partial charge in [0, 0.05) is 31.1 Å². The molecule has 120 valence electrons. The van der Waals surface area contributed by atoms with Gasteiger partial charge < -0.3 is 10.2 Å². The molecule has 0 amide bonds. The van der Waals surface area contributed by atoms with Crippen LogP contribution in [-0.2, 0) is 13.6 Å². The molecule has 21 heavy (non-hydrogen) atoms. The lowest BCUT2D eigenvalue weighted by Gasteiger charge is -2.62. The fourth-order valence-corrected chi connectivity index (χ4v) is 2.40. The summed E-state index contributed by atoms with van der Waals surface area (Å²) in [6.07, 6.45) is 1.56. The third-order valence-electron chi connectivity index (χ3n) is 4.65. The number of aryl methyl sites for hydroxylation is 1. The zero-order valence-corrected chi connectivity index (χ0v) is 16.2.